The first kappa shape index (κ1) is 20.4. The molecular weight excluding hydrogens is 388 g/mol. The van der Waals surface area contributed by atoms with E-state index in [2.05, 4.69) is 10.6 Å². The van der Waals surface area contributed by atoms with Crippen LogP contribution in [0, 0.1) is 0 Å². The van der Waals surface area contributed by atoms with Crippen LogP contribution < -0.4 is 15.4 Å². The molecule has 0 aliphatic heterocycles. The van der Waals surface area contributed by atoms with E-state index in [-0.39, 0.29) is 11.9 Å². The second-order valence-electron chi connectivity index (χ2n) is 7.09. The first-order chi connectivity index (χ1) is 15.2. The monoisotopic (exact) mass is 412 g/mol. The smallest absolute Gasteiger partial charge is 0.246 e. The normalized spacial score (nSPS) is 12.7. The van der Waals surface area contributed by atoms with Crippen molar-refractivity contribution in [3.05, 3.63) is 120 Å². The average Bonchev–Trinajstić information content (AvgIpc) is 3.35. The minimum Gasteiger partial charge on any atom is -0.497 e. The third-order valence-electron chi connectivity index (χ3n) is 5.03. The van der Waals surface area contributed by atoms with Gasteiger partial charge in [-0.1, -0.05) is 66.7 Å². The summed E-state index contributed by atoms with van der Waals surface area (Å²) < 4.78 is 11.0. The van der Waals surface area contributed by atoms with Crippen molar-refractivity contribution in [1.82, 2.24) is 5.32 Å². The lowest BCUT2D eigenvalue weighted by atomic mass is 10.00. The number of furan rings is 1. The first-order valence-electron chi connectivity index (χ1n) is 10.1. The van der Waals surface area contributed by atoms with Crippen LogP contribution in [-0.4, -0.2) is 13.0 Å². The number of hydrogen-bond acceptors (Lipinski definition) is 4. The minimum atomic E-state index is -0.609. The minimum absolute atomic E-state index is 0.174. The predicted molar refractivity (Wildman–Crippen MR) is 121 cm³/mol. The predicted octanol–water partition coefficient (Wildman–Crippen LogP) is 5.35. The molecule has 0 bridgehead atoms. The fraction of sp³-hybridized carbons (Fsp3) is 0.115. The molecular formula is C26H24N2O3. The van der Waals surface area contributed by atoms with Gasteiger partial charge in [0.2, 0.25) is 5.91 Å². The van der Waals surface area contributed by atoms with Crippen molar-refractivity contribution in [3.63, 3.8) is 0 Å². The van der Waals surface area contributed by atoms with Crippen LogP contribution in [0.2, 0.25) is 0 Å². The van der Waals surface area contributed by atoms with E-state index in [1.165, 1.54) is 0 Å². The maximum atomic E-state index is 13.4. The lowest BCUT2D eigenvalue weighted by Gasteiger charge is -2.25. The van der Waals surface area contributed by atoms with Crippen LogP contribution in [0.4, 0.5) is 5.69 Å². The topological polar surface area (TPSA) is 63.5 Å². The number of hydrogen-bond donors (Lipinski definition) is 2. The van der Waals surface area contributed by atoms with Gasteiger partial charge in [-0.25, -0.2) is 0 Å². The third kappa shape index (κ3) is 5.02. The molecule has 4 aromatic rings. The number of rotatable bonds is 8. The summed E-state index contributed by atoms with van der Waals surface area (Å²) in [6, 6.07) is 29.8. The van der Waals surface area contributed by atoms with E-state index in [9.17, 15) is 4.79 Å². The van der Waals surface area contributed by atoms with Gasteiger partial charge in [-0.05, 0) is 35.4 Å². The van der Waals surface area contributed by atoms with E-state index in [0.29, 0.717) is 11.4 Å². The van der Waals surface area contributed by atoms with Crippen molar-refractivity contribution in [2.75, 3.05) is 12.4 Å². The zero-order valence-electron chi connectivity index (χ0n) is 17.2. The van der Waals surface area contributed by atoms with E-state index in [1.54, 1.807) is 19.4 Å². The Balaban J connectivity index is 1.66. The van der Waals surface area contributed by atoms with Crippen molar-refractivity contribution in [3.8, 4) is 5.75 Å². The van der Waals surface area contributed by atoms with E-state index in [4.69, 9.17) is 9.15 Å². The van der Waals surface area contributed by atoms with Crippen LogP contribution in [0.15, 0.2) is 108 Å². The van der Waals surface area contributed by atoms with Gasteiger partial charge in [0.25, 0.3) is 0 Å². The van der Waals surface area contributed by atoms with Crippen molar-refractivity contribution in [2.45, 2.75) is 12.1 Å². The van der Waals surface area contributed by atoms with Gasteiger partial charge in [0, 0.05) is 11.8 Å². The van der Waals surface area contributed by atoms with Gasteiger partial charge in [-0.2, -0.15) is 0 Å². The molecule has 0 saturated carbocycles. The Morgan fingerprint density at radius 2 is 1.55 bits per heavy atom. The van der Waals surface area contributed by atoms with Gasteiger partial charge >= 0.3 is 0 Å². The lowest BCUT2D eigenvalue weighted by Crippen LogP contribution is -2.36. The summed E-state index contributed by atoms with van der Waals surface area (Å²) in [7, 11) is 1.60. The second-order valence-corrected chi connectivity index (χ2v) is 7.09. The quantitative estimate of drug-likeness (QED) is 0.410. The first-order valence-corrected chi connectivity index (χ1v) is 10.1. The third-order valence-corrected chi connectivity index (χ3v) is 5.03. The van der Waals surface area contributed by atoms with Crippen molar-refractivity contribution < 1.29 is 13.9 Å². The number of ether oxygens (including phenoxy) is 1. The van der Waals surface area contributed by atoms with Crippen molar-refractivity contribution in [1.29, 1.82) is 0 Å². The highest BCUT2D eigenvalue weighted by Crippen LogP contribution is 2.28. The van der Waals surface area contributed by atoms with E-state index >= 15 is 0 Å². The summed E-state index contributed by atoms with van der Waals surface area (Å²) in [5.41, 5.74) is 2.53. The summed E-state index contributed by atoms with van der Waals surface area (Å²) >= 11 is 0. The molecule has 0 aliphatic rings. The Labute approximate surface area is 181 Å². The number of nitrogens with one attached hydrogen (secondary N) is 2. The van der Waals surface area contributed by atoms with E-state index < -0.39 is 6.04 Å². The molecule has 0 aliphatic carbocycles. The van der Waals surface area contributed by atoms with Crippen LogP contribution in [-0.2, 0) is 4.79 Å². The number of amides is 1. The molecule has 156 valence electrons. The highest BCUT2D eigenvalue weighted by atomic mass is 16.5. The zero-order chi connectivity index (χ0) is 21.5. The largest absolute Gasteiger partial charge is 0.497 e. The van der Waals surface area contributed by atoms with E-state index in [0.717, 1.165) is 16.9 Å². The second kappa shape index (κ2) is 9.78. The van der Waals surface area contributed by atoms with Crippen LogP contribution in [0.1, 0.15) is 29.0 Å². The number of benzene rings is 3. The van der Waals surface area contributed by atoms with Crippen LogP contribution >= 0.6 is 0 Å². The van der Waals surface area contributed by atoms with Gasteiger partial charge in [-0.15, -0.1) is 0 Å². The zero-order valence-corrected chi connectivity index (χ0v) is 17.2. The van der Waals surface area contributed by atoms with Gasteiger partial charge in [0.1, 0.15) is 17.6 Å². The fourth-order valence-electron chi connectivity index (χ4n) is 3.49. The summed E-state index contributed by atoms with van der Waals surface area (Å²) in [4.78, 5) is 13.4. The molecule has 4 rings (SSSR count). The Morgan fingerprint density at radius 3 is 2.19 bits per heavy atom. The summed E-state index contributed by atoms with van der Waals surface area (Å²) in [6.45, 7) is 0. The lowest BCUT2D eigenvalue weighted by molar-refractivity contribution is -0.118. The number of carbonyl (C=O) groups excluding carboxylic acids is 1. The molecule has 0 fully saturated rings. The molecule has 1 amide bonds. The molecule has 31 heavy (non-hydrogen) atoms. The SMILES string of the molecule is COc1cccc(NC(=O)[C@@H](N[C@H](c2ccccc2)c2ccco2)c2ccccc2)c1. The molecule has 0 unspecified atom stereocenters. The Kier molecular flexibility index (Phi) is 6.45. The highest BCUT2D eigenvalue weighted by molar-refractivity contribution is 5.95. The fourth-order valence-corrected chi connectivity index (χ4v) is 3.49. The molecule has 1 aromatic heterocycles. The molecule has 0 spiro atoms. The van der Waals surface area contributed by atoms with Crippen LogP contribution in [0.3, 0.4) is 0 Å². The number of anilines is 1. The van der Waals surface area contributed by atoms with Gasteiger partial charge in [0.05, 0.1) is 19.4 Å². The molecule has 2 atom stereocenters. The average molecular weight is 412 g/mol. The number of methoxy groups -OCH3 is 1. The molecule has 5 heteroatoms. The van der Waals surface area contributed by atoms with Crippen molar-refractivity contribution >= 4 is 11.6 Å². The molecule has 0 radical (unpaired) electrons. The molecule has 3 aromatic carbocycles. The van der Waals surface area contributed by atoms with Gasteiger partial charge in [0.15, 0.2) is 0 Å². The maximum absolute atomic E-state index is 13.4. The molecule has 5 nitrogen and oxygen atoms in total. The molecule has 0 saturated heterocycles. The Morgan fingerprint density at radius 1 is 0.839 bits per heavy atom. The standard InChI is InChI=1S/C26H24N2O3/c1-30-22-15-8-14-21(18-22)27-26(29)25(20-12-6-3-7-13-20)28-24(23-16-9-17-31-23)19-10-4-2-5-11-19/h2-18,24-25,28H,1H3,(H,27,29)/t24-,25+/m1/s1. The summed E-state index contributed by atoms with van der Waals surface area (Å²) in [6.07, 6.45) is 1.64. The Hall–Kier alpha value is -3.83. The highest BCUT2D eigenvalue weighted by Gasteiger charge is 2.27. The van der Waals surface area contributed by atoms with Gasteiger partial charge in [-0.3, -0.25) is 10.1 Å². The van der Waals surface area contributed by atoms with Crippen LogP contribution in [0.25, 0.3) is 0 Å². The summed E-state index contributed by atoms with van der Waals surface area (Å²) in [5, 5.41) is 6.51. The van der Waals surface area contributed by atoms with E-state index in [1.807, 2.05) is 91.0 Å². The summed E-state index contributed by atoms with van der Waals surface area (Å²) in [5.74, 6) is 1.24. The number of carbonyl (C=O) groups is 1. The van der Waals surface area contributed by atoms with Crippen molar-refractivity contribution in [2.24, 2.45) is 0 Å². The molecule has 1 heterocycles. The maximum Gasteiger partial charge on any atom is 0.246 e. The molecule has 2 N–H and O–H groups in total. The van der Waals surface area contributed by atoms with Crippen LogP contribution in [0.5, 0.6) is 5.75 Å². The Bertz CT molecular complexity index is 1100. The van der Waals surface area contributed by atoms with Gasteiger partial charge < -0.3 is 14.5 Å².